The van der Waals surface area contributed by atoms with E-state index in [0.717, 1.165) is 41.2 Å². The van der Waals surface area contributed by atoms with E-state index in [-0.39, 0.29) is 6.04 Å². The standard InChI is InChI=1S/C20H21ClN4S/c1-26-20-23-22-19(25(20)17-6-3-2-4-7-17)18-8-5-13-24(18)14-15-9-11-16(21)12-10-15/h2-4,6-7,9-12,18H,5,8,13-14H2,1H3/t18-/m0/s1. The third kappa shape index (κ3) is 3.52. The largest absolute Gasteiger partial charge is 0.289 e. The average Bonchev–Trinajstić information content (AvgIpc) is 3.30. The average molecular weight is 385 g/mol. The summed E-state index contributed by atoms with van der Waals surface area (Å²) in [6.45, 7) is 1.97. The molecule has 134 valence electrons. The first-order chi connectivity index (χ1) is 12.8. The molecule has 0 bridgehead atoms. The van der Waals surface area contributed by atoms with Gasteiger partial charge in [-0.15, -0.1) is 10.2 Å². The lowest BCUT2D eigenvalue weighted by Crippen LogP contribution is -2.25. The highest BCUT2D eigenvalue weighted by Crippen LogP contribution is 2.35. The van der Waals surface area contributed by atoms with Crippen molar-refractivity contribution in [3.8, 4) is 5.69 Å². The molecule has 0 amide bonds. The van der Waals surface area contributed by atoms with Crippen molar-refractivity contribution in [3.63, 3.8) is 0 Å². The molecule has 0 aliphatic carbocycles. The van der Waals surface area contributed by atoms with Crippen LogP contribution in [0.4, 0.5) is 0 Å². The first kappa shape index (κ1) is 17.6. The third-order valence-electron chi connectivity index (χ3n) is 4.82. The van der Waals surface area contributed by atoms with Gasteiger partial charge in [0.1, 0.15) is 0 Å². The van der Waals surface area contributed by atoms with E-state index in [4.69, 9.17) is 11.6 Å². The monoisotopic (exact) mass is 384 g/mol. The SMILES string of the molecule is CSc1nnc([C@@H]2CCCN2Cc2ccc(Cl)cc2)n1-c1ccccc1. The molecule has 0 N–H and O–H groups in total. The predicted molar refractivity (Wildman–Crippen MR) is 107 cm³/mol. The molecule has 0 saturated carbocycles. The van der Waals surface area contributed by atoms with E-state index in [1.165, 1.54) is 12.0 Å². The number of para-hydroxylation sites is 1. The van der Waals surface area contributed by atoms with Crippen LogP contribution in [0.25, 0.3) is 5.69 Å². The zero-order valence-electron chi connectivity index (χ0n) is 14.7. The number of halogens is 1. The second-order valence-corrected chi connectivity index (χ2v) is 7.68. The predicted octanol–water partition coefficient (Wildman–Crippen LogP) is 4.98. The molecule has 2 aromatic carbocycles. The molecule has 1 saturated heterocycles. The van der Waals surface area contributed by atoms with Gasteiger partial charge in [0.05, 0.1) is 6.04 Å². The molecule has 1 atom stereocenters. The molecule has 26 heavy (non-hydrogen) atoms. The van der Waals surface area contributed by atoms with Crippen molar-refractivity contribution in [2.45, 2.75) is 30.6 Å². The Morgan fingerprint density at radius 1 is 1.08 bits per heavy atom. The number of likely N-dealkylation sites (tertiary alicyclic amines) is 1. The van der Waals surface area contributed by atoms with Crippen LogP contribution in [0.5, 0.6) is 0 Å². The normalized spacial score (nSPS) is 17.7. The molecular weight excluding hydrogens is 364 g/mol. The van der Waals surface area contributed by atoms with E-state index >= 15 is 0 Å². The van der Waals surface area contributed by atoms with Crippen molar-refractivity contribution < 1.29 is 0 Å². The van der Waals surface area contributed by atoms with Crippen LogP contribution < -0.4 is 0 Å². The van der Waals surface area contributed by atoms with E-state index in [2.05, 4.69) is 56.1 Å². The van der Waals surface area contributed by atoms with Gasteiger partial charge in [-0.2, -0.15) is 0 Å². The molecule has 1 fully saturated rings. The molecule has 4 rings (SSSR count). The Morgan fingerprint density at radius 3 is 2.58 bits per heavy atom. The molecule has 1 aliphatic rings. The highest BCUT2D eigenvalue weighted by Gasteiger charge is 2.31. The minimum Gasteiger partial charge on any atom is -0.289 e. The molecule has 0 unspecified atom stereocenters. The summed E-state index contributed by atoms with van der Waals surface area (Å²) in [6, 6.07) is 18.8. The van der Waals surface area contributed by atoms with Crippen LogP contribution in [0, 0.1) is 0 Å². The quantitative estimate of drug-likeness (QED) is 0.581. The second kappa shape index (κ2) is 7.82. The van der Waals surface area contributed by atoms with E-state index in [1.54, 1.807) is 11.8 Å². The molecule has 0 radical (unpaired) electrons. The highest BCUT2D eigenvalue weighted by atomic mass is 35.5. The van der Waals surface area contributed by atoms with Gasteiger partial charge in [0, 0.05) is 17.3 Å². The van der Waals surface area contributed by atoms with Crippen molar-refractivity contribution in [2.75, 3.05) is 12.8 Å². The summed E-state index contributed by atoms with van der Waals surface area (Å²) in [4.78, 5) is 2.50. The van der Waals surface area contributed by atoms with Gasteiger partial charge in [0.25, 0.3) is 0 Å². The number of aromatic nitrogens is 3. The Morgan fingerprint density at radius 2 is 1.85 bits per heavy atom. The second-order valence-electron chi connectivity index (χ2n) is 6.47. The summed E-state index contributed by atoms with van der Waals surface area (Å²) in [5.74, 6) is 1.03. The maximum Gasteiger partial charge on any atom is 0.195 e. The summed E-state index contributed by atoms with van der Waals surface area (Å²) in [7, 11) is 0. The first-order valence-corrected chi connectivity index (χ1v) is 10.4. The third-order valence-corrected chi connectivity index (χ3v) is 5.70. The zero-order chi connectivity index (χ0) is 17.9. The van der Waals surface area contributed by atoms with Crippen LogP contribution in [0.3, 0.4) is 0 Å². The molecule has 4 nitrogen and oxygen atoms in total. The Balaban J connectivity index is 1.66. The maximum atomic E-state index is 6.02. The van der Waals surface area contributed by atoms with Crippen molar-refractivity contribution in [1.82, 2.24) is 19.7 Å². The lowest BCUT2D eigenvalue weighted by Gasteiger charge is -2.24. The molecule has 0 spiro atoms. The van der Waals surface area contributed by atoms with Gasteiger partial charge in [-0.3, -0.25) is 9.47 Å². The number of hydrogen-bond donors (Lipinski definition) is 0. The molecule has 6 heteroatoms. The summed E-state index contributed by atoms with van der Waals surface area (Å²) in [5.41, 5.74) is 2.40. The minimum atomic E-state index is 0.277. The number of thioether (sulfide) groups is 1. The van der Waals surface area contributed by atoms with Gasteiger partial charge in [-0.25, -0.2) is 0 Å². The highest BCUT2D eigenvalue weighted by molar-refractivity contribution is 7.98. The number of nitrogens with zero attached hydrogens (tertiary/aromatic N) is 4. The Labute approximate surface area is 163 Å². The minimum absolute atomic E-state index is 0.277. The van der Waals surface area contributed by atoms with E-state index < -0.39 is 0 Å². The fourth-order valence-electron chi connectivity index (χ4n) is 3.58. The lowest BCUT2D eigenvalue weighted by molar-refractivity contribution is 0.237. The van der Waals surface area contributed by atoms with Crippen LogP contribution in [0.2, 0.25) is 5.02 Å². The van der Waals surface area contributed by atoms with Gasteiger partial charge in [0.15, 0.2) is 11.0 Å². The van der Waals surface area contributed by atoms with Crippen LogP contribution in [0.1, 0.15) is 30.3 Å². The fourth-order valence-corrected chi connectivity index (χ4v) is 4.21. The Hall–Kier alpha value is -1.82. The van der Waals surface area contributed by atoms with Gasteiger partial charge in [-0.05, 0) is 55.5 Å². The molecular formula is C20H21ClN4S. The van der Waals surface area contributed by atoms with Gasteiger partial charge < -0.3 is 0 Å². The maximum absolute atomic E-state index is 6.02. The van der Waals surface area contributed by atoms with E-state index in [0.29, 0.717) is 0 Å². The molecule has 2 heterocycles. The van der Waals surface area contributed by atoms with Gasteiger partial charge in [0.2, 0.25) is 0 Å². The summed E-state index contributed by atoms with van der Waals surface area (Å²) < 4.78 is 2.20. The number of benzene rings is 2. The molecule has 3 aromatic rings. The van der Waals surface area contributed by atoms with Crippen molar-refractivity contribution in [3.05, 3.63) is 71.0 Å². The number of rotatable bonds is 5. The zero-order valence-corrected chi connectivity index (χ0v) is 16.2. The summed E-state index contributed by atoms with van der Waals surface area (Å²) >= 11 is 7.66. The summed E-state index contributed by atoms with van der Waals surface area (Å²) in [6.07, 6.45) is 4.33. The van der Waals surface area contributed by atoms with Gasteiger partial charge in [-0.1, -0.05) is 53.7 Å². The molecule has 1 aliphatic heterocycles. The van der Waals surface area contributed by atoms with Crippen molar-refractivity contribution >= 4 is 23.4 Å². The lowest BCUT2D eigenvalue weighted by atomic mass is 10.1. The van der Waals surface area contributed by atoms with Crippen LogP contribution in [0.15, 0.2) is 59.8 Å². The first-order valence-electron chi connectivity index (χ1n) is 8.79. The van der Waals surface area contributed by atoms with Crippen LogP contribution >= 0.6 is 23.4 Å². The van der Waals surface area contributed by atoms with E-state index in [1.807, 2.05) is 24.5 Å². The summed E-state index contributed by atoms with van der Waals surface area (Å²) in [5, 5.41) is 10.7. The fraction of sp³-hybridized carbons (Fsp3) is 0.300. The topological polar surface area (TPSA) is 34.0 Å². The van der Waals surface area contributed by atoms with Crippen LogP contribution in [-0.2, 0) is 6.54 Å². The van der Waals surface area contributed by atoms with E-state index in [9.17, 15) is 0 Å². The Bertz CT molecular complexity index is 863. The molecule has 1 aromatic heterocycles. The van der Waals surface area contributed by atoms with Crippen molar-refractivity contribution in [2.24, 2.45) is 0 Å². The smallest absolute Gasteiger partial charge is 0.195 e. The Kier molecular flexibility index (Phi) is 5.29. The van der Waals surface area contributed by atoms with Crippen LogP contribution in [-0.4, -0.2) is 32.5 Å². The van der Waals surface area contributed by atoms with Crippen molar-refractivity contribution in [1.29, 1.82) is 0 Å². The number of hydrogen-bond acceptors (Lipinski definition) is 4. The van der Waals surface area contributed by atoms with Gasteiger partial charge >= 0.3 is 0 Å².